The normalized spacial score (nSPS) is 10.3. The average molecular weight is 365 g/mol. The van der Waals surface area contributed by atoms with Crippen molar-refractivity contribution in [2.24, 2.45) is 0 Å². The van der Waals surface area contributed by atoms with Gasteiger partial charge in [0.25, 0.3) is 0 Å². The third-order valence-electron chi connectivity index (χ3n) is 3.74. The van der Waals surface area contributed by atoms with Crippen molar-refractivity contribution in [3.63, 3.8) is 0 Å². The lowest BCUT2D eigenvalue weighted by molar-refractivity contribution is -0.114. The summed E-state index contributed by atoms with van der Waals surface area (Å²) in [4.78, 5) is 19.7. The highest BCUT2D eigenvalue weighted by Gasteiger charge is 2.02. The maximum atomic E-state index is 12.9. The molecule has 0 aliphatic heterocycles. The van der Waals surface area contributed by atoms with Gasteiger partial charge in [-0.1, -0.05) is 12.1 Å². The van der Waals surface area contributed by atoms with E-state index in [-0.39, 0.29) is 11.7 Å². The van der Waals surface area contributed by atoms with Gasteiger partial charge in [-0.2, -0.15) is 4.98 Å². The highest BCUT2D eigenvalue weighted by Crippen LogP contribution is 2.18. The van der Waals surface area contributed by atoms with Crippen LogP contribution >= 0.6 is 0 Å². The van der Waals surface area contributed by atoms with Crippen molar-refractivity contribution in [3.8, 4) is 0 Å². The van der Waals surface area contributed by atoms with E-state index in [2.05, 4.69) is 25.9 Å². The number of amides is 1. The molecule has 0 saturated carbocycles. The Labute approximate surface area is 156 Å². The van der Waals surface area contributed by atoms with E-state index < -0.39 is 0 Å². The average Bonchev–Trinajstić information content (AvgIpc) is 2.65. The van der Waals surface area contributed by atoms with Crippen molar-refractivity contribution in [2.75, 3.05) is 22.5 Å². The van der Waals surface area contributed by atoms with Crippen LogP contribution in [-0.4, -0.2) is 22.4 Å². The van der Waals surface area contributed by atoms with E-state index in [1.807, 2.05) is 24.3 Å². The Bertz CT molecular complexity index is 897. The molecule has 1 heterocycles. The van der Waals surface area contributed by atoms with Gasteiger partial charge in [-0.3, -0.25) is 4.79 Å². The summed E-state index contributed by atoms with van der Waals surface area (Å²) < 4.78 is 12.9. The minimum atomic E-state index is -0.237. The molecule has 0 unspecified atom stereocenters. The Kier molecular flexibility index (Phi) is 5.94. The SMILES string of the molecule is CC(=O)Nc1ccc(Nc2ccnc(NCCc3ccc(F)cc3)n2)cc1. The monoisotopic (exact) mass is 365 g/mol. The number of aromatic nitrogens is 2. The zero-order chi connectivity index (χ0) is 19.1. The fourth-order valence-corrected chi connectivity index (χ4v) is 2.47. The summed E-state index contributed by atoms with van der Waals surface area (Å²) in [6, 6.07) is 15.5. The first-order valence-electron chi connectivity index (χ1n) is 8.54. The van der Waals surface area contributed by atoms with Crippen LogP contribution in [-0.2, 0) is 11.2 Å². The van der Waals surface area contributed by atoms with E-state index in [0.29, 0.717) is 18.3 Å². The molecule has 0 bridgehead atoms. The molecule has 6 nitrogen and oxygen atoms in total. The summed E-state index contributed by atoms with van der Waals surface area (Å²) in [6.07, 6.45) is 2.41. The molecule has 0 aliphatic carbocycles. The lowest BCUT2D eigenvalue weighted by Gasteiger charge is -2.09. The maximum absolute atomic E-state index is 12.9. The Balaban J connectivity index is 1.55. The first-order chi connectivity index (χ1) is 13.1. The minimum absolute atomic E-state index is 0.108. The summed E-state index contributed by atoms with van der Waals surface area (Å²) in [6.45, 7) is 2.11. The standard InChI is InChI=1S/C20H20FN5O/c1-14(27)24-17-6-8-18(9-7-17)25-19-11-13-23-20(26-19)22-12-10-15-2-4-16(21)5-3-15/h2-9,11,13H,10,12H2,1H3,(H,24,27)(H2,22,23,25,26). The molecular formula is C20H20FN5O. The van der Waals surface area contributed by atoms with Crippen LogP contribution < -0.4 is 16.0 Å². The molecule has 1 aromatic heterocycles. The van der Waals surface area contributed by atoms with Crippen LogP contribution in [0.1, 0.15) is 12.5 Å². The molecule has 0 aliphatic rings. The second-order valence-electron chi connectivity index (χ2n) is 5.95. The van der Waals surface area contributed by atoms with Crippen molar-refractivity contribution >= 4 is 29.0 Å². The van der Waals surface area contributed by atoms with E-state index in [9.17, 15) is 9.18 Å². The van der Waals surface area contributed by atoms with Crippen LogP contribution in [0.15, 0.2) is 60.8 Å². The largest absolute Gasteiger partial charge is 0.354 e. The number of carbonyl (C=O) groups is 1. The summed E-state index contributed by atoms with van der Waals surface area (Å²) in [7, 11) is 0. The van der Waals surface area contributed by atoms with Crippen LogP contribution in [0.3, 0.4) is 0 Å². The number of benzene rings is 2. The number of hydrogen-bond acceptors (Lipinski definition) is 5. The van der Waals surface area contributed by atoms with Crippen molar-refractivity contribution in [1.29, 1.82) is 0 Å². The van der Waals surface area contributed by atoms with Crippen molar-refractivity contribution in [1.82, 2.24) is 9.97 Å². The highest BCUT2D eigenvalue weighted by molar-refractivity contribution is 5.88. The van der Waals surface area contributed by atoms with E-state index in [0.717, 1.165) is 23.4 Å². The zero-order valence-electron chi connectivity index (χ0n) is 14.9. The molecule has 3 N–H and O–H groups in total. The van der Waals surface area contributed by atoms with E-state index in [1.165, 1.54) is 19.1 Å². The molecule has 3 aromatic rings. The van der Waals surface area contributed by atoms with Crippen LogP contribution in [0.2, 0.25) is 0 Å². The third kappa shape index (κ3) is 5.78. The first-order valence-corrected chi connectivity index (χ1v) is 8.54. The lowest BCUT2D eigenvalue weighted by atomic mass is 10.1. The Morgan fingerprint density at radius 3 is 2.41 bits per heavy atom. The van der Waals surface area contributed by atoms with Crippen LogP contribution in [0.4, 0.5) is 27.5 Å². The minimum Gasteiger partial charge on any atom is -0.354 e. The van der Waals surface area contributed by atoms with E-state index in [4.69, 9.17) is 0 Å². The van der Waals surface area contributed by atoms with E-state index >= 15 is 0 Å². The van der Waals surface area contributed by atoms with Gasteiger partial charge < -0.3 is 16.0 Å². The van der Waals surface area contributed by atoms with Crippen molar-refractivity contribution in [2.45, 2.75) is 13.3 Å². The maximum Gasteiger partial charge on any atom is 0.224 e. The van der Waals surface area contributed by atoms with Gasteiger partial charge >= 0.3 is 0 Å². The molecule has 27 heavy (non-hydrogen) atoms. The molecule has 0 atom stereocenters. The summed E-state index contributed by atoms with van der Waals surface area (Å²) in [5.74, 6) is 0.820. The summed E-state index contributed by atoms with van der Waals surface area (Å²) in [5, 5.41) is 9.08. The van der Waals surface area contributed by atoms with Gasteiger partial charge in [0, 0.05) is 31.0 Å². The third-order valence-corrected chi connectivity index (χ3v) is 3.74. The quantitative estimate of drug-likeness (QED) is 0.590. The molecular weight excluding hydrogens is 345 g/mol. The van der Waals surface area contributed by atoms with E-state index in [1.54, 1.807) is 24.4 Å². The molecule has 0 fully saturated rings. The molecule has 7 heteroatoms. The van der Waals surface area contributed by atoms with Crippen LogP contribution in [0, 0.1) is 5.82 Å². The fraction of sp³-hybridized carbons (Fsp3) is 0.150. The Hall–Kier alpha value is -3.48. The smallest absolute Gasteiger partial charge is 0.224 e. The Morgan fingerprint density at radius 1 is 1.00 bits per heavy atom. The van der Waals surface area contributed by atoms with Gasteiger partial charge in [-0.25, -0.2) is 9.37 Å². The summed E-state index contributed by atoms with van der Waals surface area (Å²) >= 11 is 0. The van der Waals surface area contributed by atoms with Gasteiger partial charge in [-0.15, -0.1) is 0 Å². The molecule has 2 aromatic carbocycles. The van der Waals surface area contributed by atoms with Crippen molar-refractivity contribution < 1.29 is 9.18 Å². The molecule has 0 saturated heterocycles. The first kappa shape index (κ1) is 18.3. The molecule has 0 radical (unpaired) electrons. The summed E-state index contributed by atoms with van der Waals surface area (Å²) in [5.41, 5.74) is 2.62. The second-order valence-corrected chi connectivity index (χ2v) is 5.95. The number of nitrogens with zero attached hydrogens (tertiary/aromatic N) is 2. The predicted molar refractivity (Wildman–Crippen MR) is 105 cm³/mol. The highest BCUT2D eigenvalue weighted by atomic mass is 19.1. The molecule has 1 amide bonds. The number of hydrogen-bond donors (Lipinski definition) is 3. The number of rotatable bonds is 7. The van der Waals surface area contributed by atoms with Crippen LogP contribution in [0.25, 0.3) is 0 Å². The van der Waals surface area contributed by atoms with Gasteiger partial charge in [0.2, 0.25) is 11.9 Å². The molecule has 0 spiro atoms. The predicted octanol–water partition coefficient (Wildman–Crippen LogP) is 3.97. The molecule has 138 valence electrons. The number of carbonyl (C=O) groups excluding carboxylic acids is 1. The molecule has 3 rings (SSSR count). The Morgan fingerprint density at radius 2 is 1.70 bits per heavy atom. The zero-order valence-corrected chi connectivity index (χ0v) is 14.9. The second kappa shape index (κ2) is 8.75. The fourth-order valence-electron chi connectivity index (χ4n) is 2.47. The van der Waals surface area contributed by atoms with Gasteiger partial charge in [-0.05, 0) is 54.4 Å². The van der Waals surface area contributed by atoms with Gasteiger partial charge in [0.1, 0.15) is 11.6 Å². The van der Waals surface area contributed by atoms with Gasteiger partial charge in [0.05, 0.1) is 0 Å². The van der Waals surface area contributed by atoms with Crippen LogP contribution in [0.5, 0.6) is 0 Å². The topological polar surface area (TPSA) is 78.9 Å². The van der Waals surface area contributed by atoms with Crippen molar-refractivity contribution in [3.05, 3.63) is 72.2 Å². The number of halogens is 1. The number of nitrogens with one attached hydrogen (secondary N) is 3. The van der Waals surface area contributed by atoms with Gasteiger partial charge in [0.15, 0.2) is 0 Å². The lowest BCUT2D eigenvalue weighted by Crippen LogP contribution is -2.08. The number of anilines is 4.